The van der Waals surface area contributed by atoms with Gasteiger partial charge in [-0.3, -0.25) is 4.90 Å². The molecule has 0 spiro atoms. The van der Waals surface area contributed by atoms with E-state index in [2.05, 4.69) is 159 Å². The number of rotatable bonds is 4. The Bertz CT molecular complexity index is 2190. The molecule has 0 radical (unpaired) electrons. The van der Waals surface area contributed by atoms with Crippen LogP contribution in [0, 0.1) is 0 Å². The van der Waals surface area contributed by atoms with E-state index in [0.29, 0.717) is 5.95 Å². The molecule has 0 unspecified atom stereocenters. The van der Waals surface area contributed by atoms with Crippen molar-refractivity contribution in [2.75, 3.05) is 4.90 Å². The summed E-state index contributed by atoms with van der Waals surface area (Å²) < 4.78 is 0. The third-order valence-corrected chi connectivity index (χ3v) is 9.28. The Labute approximate surface area is 270 Å². The van der Waals surface area contributed by atoms with Crippen LogP contribution in [0.5, 0.6) is 0 Å². The lowest BCUT2D eigenvalue weighted by molar-refractivity contribution is 0.658. The molecular formula is C43H33N3. The Balaban J connectivity index is 1.21. The van der Waals surface area contributed by atoms with Crippen molar-refractivity contribution >= 4 is 22.8 Å². The van der Waals surface area contributed by atoms with E-state index in [0.717, 1.165) is 33.6 Å². The predicted molar refractivity (Wildman–Crippen MR) is 191 cm³/mol. The Morgan fingerprint density at radius 2 is 1.24 bits per heavy atom. The number of anilines is 2. The van der Waals surface area contributed by atoms with Gasteiger partial charge >= 0.3 is 0 Å². The highest BCUT2D eigenvalue weighted by molar-refractivity contribution is 5.99. The van der Waals surface area contributed by atoms with Crippen LogP contribution in [0.4, 0.5) is 11.6 Å². The van der Waals surface area contributed by atoms with E-state index in [1.165, 1.54) is 39.0 Å². The fourth-order valence-corrected chi connectivity index (χ4v) is 6.82. The highest BCUT2D eigenvalue weighted by atomic mass is 15.2. The number of allylic oxidation sites excluding steroid dienone is 4. The van der Waals surface area contributed by atoms with E-state index in [9.17, 15) is 0 Å². The minimum absolute atomic E-state index is 0.199. The van der Waals surface area contributed by atoms with E-state index in [-0.39, 0.29) is 5.41 Å². The number of hydrogen-bond acceptors (Lipinski definition) is 3. The van der Waals surface area contributed by atoms with Crippen LogP contribution in [-0.4, -0.2) is 9.97 Å². The fraction of sp³-hybridized carbons (Fsp3) is 0.0698. The van der Waals surface area contributed by atoms with E-state index in [1.807, 2.05) is 18.3 Å². The summed E-state index contributed by atoms with van der Waals surface area (Å²) in [4.78, 5) is 12.2. The molecule has 0 amide bonds. The minimum Gasteiger partial charge on any atom is -0.285 e. The zero-order valence-corrected chi connectivity index (χ0v) is 26.0. The first kappa shape index (κ1) is 27.7. The Hall–Kier alpha value is -5.80. The summed E-state index contributed by atoms with van der Waals surface area (Å²) in [6.07, 6.45) is 6.34. The Kier molecular flexibility index (Phi) is 6.61. The second-order valence-corrected chi connectivity index (χ2v) is 12.4. The van der Waals surface area contributed by atoms with Gasteiger partial charge in [-0.25, -0.2) is 9.97 Å². The van der Waals surface area contributed by atoms with E-state index < -0.39 is 0 Å². The molecule has 0 N–H and O–H groups in total. The maximum Gasteiger partial charge on any atom is 0.234 e. The SMILES string of the molecule is C=C1C=C2/C(=C\N(c3nccc(-c4cccc(-c5ccc(-c6ccccc6)cc5)c4)n3)c3ccccc31)C(C)(C)c1ccccc12. The van der Waals surface area contributed by atoms with Gasteiger partial charge < -0.3 is 0 Å². The van der Waals surface area contributed by atoms with Gasteiger partial charge in [-0.1, -0.05) is 136 Å². The molecule has 3 nitrogen and oxygen atoms in total. The van der Waals surface area contributed by atoms with E-state index >= 15 is 0 Å². The van der Waals surface area contributed by atoms with Crippen LogP contribution < -0.4 is 4.90 Å². The third-order valence-electron chi connectivity index (χ3n) is 9.28. The van der Waals surface area contributed by atoms with Gasteiger partial charge in [0.25, 0.3) is 0 Å². The number of benzene rings is 5. The molecule has 6 aromatic rings. The third kappa shape index (κ3) is 4.69. The van der Waals surface area contributed by atoms with Gasteiger partial charge in [-0.15, -0.1) is 0 Å². The number of para-hydroxylation sites is 1. The number of hydrogen-bond donors (Lipinski definition) is 0. The first-order valence-electron chi connectivity index (χ1n) is 15.7. The first-order chi connectivity index (χ1) is 22.5. The molecule has 1 aliphatic carbocycles. The predicted octanol–water partition coefficient (Wildman–Crippen LogP) is 10.9. The van der Waals surface area contributed by atoms with Gasteiger partial charge in [0, 0.05) is 28.9 Å². The summed E-state index contributed by atoms with van der Waals surface area (Å²) in [5.74, 6) is 0.621. The van der Waals surface area contributed by atoms with Gasteiger partial charge in [-0.2, -0.15) is 0 Å². The van der Waals surface area contributed by atoms with Crippen molar-refractivity contribution in [2.45, 2.75) is 19.3 Å². The Morgan fingerprint density at radius 1 is 0.609 bits per heavy atom. The van der Waals surface area contributed by atoms with Gasteiger partial charge in [0.05, 0.1) is 11.4 Å². The molecule has 220 valence electrons. The number of aromatic nitrogens is 2. The van der Waals surface area contributed by atoms with Crippen molar-refractivity contribution in [1.29, 1.82) is 0 Å². The Morgan fingerprint density at radius 3 is 2.04 bits per heavy atom. The summed E-state index contributed by atoms with van der Waals surface area (Å²) in [6.45, 7) is 9.11. The number of fused-ring (bicyclic) bond motifs is 4. The van der Waals surface area contributed by atoms with Gasteiger partial charge in [0.2, 0.25) is 5.95 Å². The fourth-order valence-electron chi connectivity index (χ4n) is 6.82. The van der Waals surface area contributed by atoms with Gasteiger partial charge in [0.1, 0.15) is 0 Å². The van der Waals surface area contributed by atoms with Crippen molar-refractivity contribution in [3.05, 3.63) is 181 Å². The second-order valence-electron chi connectivity index (χ2n) is 12.4. The summed E-state index contributed by atoms with van der Waals surface area (Å²) in [5.41, 5.74) is 14.5. The highest BCUT2D eigenvalue weighted by Crippen LogP contribution is 2.52. The number of nitrogens with zero attached hydrogens (tertiary/aromatic N) is 3. The molecule has 0 fully saturated rings. The zero-order valence-electron chi connectivity index (χ0n) is 26.0. The molecule has 0 saturated heterocycles. The molecule has 1 aromatic heterocycles. The maximum absolute atomic E-state index is 5.18. The molecular weight excluding hydrogens is 558 g/mol. The minimum atomic E-state index is -0.199. The molecule has 46 heavy (non-hydrogen) atoms. The zero-order chi connectivity index (χ0) is 31.3. The van der Waals surface area contributed by atoms with Crippen LogP contribution in [0.15, 0.2) is 164 Å². The highest BCUT2D eigenvalue weighted by Gasteiger charge is 2.39. The summed E-state index contributed by atoms with van der Waals surface area (Å²) in [7, 11) is 0. The van der Waals surface area contributed by atoms with Crippen LogP contribution in [-0.2, 0) is 5.41 Å². The molecule has 0 bridgehead atoms. The van der Waals surface area contributed by atoms with Gasteiger partial charge in [0.15, 0.2) is 0 Å². The van der Waals surface area contributed by atoms with Gasteiger partial charge in [-0.05, 0) is 74.4 Å². The summed E-state index contributed by atoms with van der Waals surface area (Å²) >= 11 is 0. The van der Waals surface area contributed by atoms with Crippen molar-refractivity contribution in [1.82, 2.24) is 9.97 Å². The van der Waals surface area contributed by atoms with Crippen LogP contribution in [0.25, 0.3) is 44.7 Å². The molecule has 0 atom stereocenters. The van der Waals surface area contributed by atoms with Crippen molar-refractivity contribution < 1.29 is 0 Å². The average molecular weight is 592 g/mol. The van der Waals surface area contributed by atoms with Crippen LogP contribution >= 0.6 is 0 Å². The molecule has 1 aliphatic heterocycles. The van der Waals surface area contributed by atoms with E-state index in [4.69, 9.17) is 9.97 Å². The quantitative estimate of drug-likeness (QED) is 0.204. The van der Waals surface area contributed by atoms with Crippen molar-refractivity contribution in [2.24, 2.45) is 0 Å². The lowest BCUT2D eigenvalue weighted by atomic mass is 9.82. The van der Waals surface area contributed by atoms with Crippen molar-refractivity contribution in [3.8, 4) is 33.5 Å². The van der Waals surface area contributed by atoms with Crippen LogP contribution in [0.2, 0.25) is 0 Å². The largest absolute Gasteiger partial charge is 0.285 e. The topological polar surface area (TPSA) is 29.0 Å². The van der Waals surface area contributed by atoms with E-state index in [1.54, 1.807) is 0 Å². The van der Waals surface area contributed by atoms with Crippen LogP contribution in [0.3, 0.4) is 0 Å². The maximum atomic E-state index is 5.18. The second kappa shape index (κ2) is 11.0. The summed E-state index contributed by atoms with van der Waals surface area (Å²) in [6, 6.07) is 46.9. The molecule has 0 saturated carbocycles. The van der Waals surface area contributed by atoms with Crippen molar-refractivity contribution in [3.63, 3.8) is 0 Å². The average Bonchev–Trinajstić information content (AvgIpc) is 3.31. The molecule has 2 heterocycles. The normalized spacial score (nSPS) is 15.9. The monoisotopic (exact) mass is 591 g/mol. The molecule has 5 aromatic carbocycles. The lowest BCUT2D eigenvalue weighted by Crippen LogP contribution is -2.21. The first-order valence-corrected chi connectivity index (χ1v) is 15.7. The molecule has 2 aliphatic rings. The standard InChI is InChI=1S/C43H33N3/c1-29-26-37-36-17-7-9-18-38(36)43(2,3)39(37)28-46(41-19-10-8-16-35(29)41)42-44-25-24-40(45-42)34-15-11-14-33(27-34)32-22-20-31(21-23-32)30-12-5-4-6-13-30/h4-28H,1H2,2-3H3/b37-26?,39-28+. The molecule has 8 rings (SSSR count). The van der Waals surface area contributed by atoms with Crippen LogP contribution in [0.1, 0.15) is 30.5 Å². The lowest BCUT2D eigenvalue weighted by Gasteiger charge is -2.29. The molecule has 3 heteroatoms. The summed E-state index contributed by atoms with van der Waals surface area (Å²) in [5, 5.41) is 0. The smallest absolute Gasteiger partial charge is 0.234 e.